The number of fused-ring (bicyclic) bond motifs is 1. The lowest BCUT2D eigenvalue weighted by atomic mass is 10.2. The van der Waals surface area contributed by atoms with Crippen molar-refractivity contribution in [2.24, 2.45) is 0 Å². The van der Waals surface area contributed by atoms with E-state index >= 15 is 0 Å². The Morgan fingerprint density at radius 3 is 2.46 bits per heavy atom. The standard InChI is InChI=1S/C18H20N4O2S2/c1-2-14-5-7-15(8-6-14)26(23,24)22-12-10-21(11-13-22)18-20-16-4-3-9-19-17(16)25-18/h3-9H,2,10-13H2,1H3. The lowest BCUT2D eigenvalue weighted by Gasteiger charge is -2.33. The maximum Gasteiger partial charge on any atom is 0.243 e. The zero-order valence-electron chi connectivity index (χ0n) is 14.5. The van der Waals surface area contributed by atoms with Crippen LogP contribution in [0, 0.1) is 0 Å². The van der Waals surface area contributed by atoms with Crippen molar-refractivity contribution in [2.75, 3.05) is 31.1 Å². The third-order valence-electron chi connectivity index (χ3n) is 4.63. The Morgan fingerprint density at radius 2 is 1.81 bits per heavy atom. The minimum atomic E-state index is -3.44. The monoisotopic (exact) mass is 388 g/mol. The molecule has 0 aliphatic carbocycles. The smallest absolute Gasteiger partial charge is 0.243 e. The van der Waals surface area contributed by atoms with Gasteiger partial charge in [-0.15, -0.1) is 0 Å². The highest BCUT2D eigenvalue weighted by molar-refractivity contribution is 7.89. The molecule has 1 aromatic carbocycles. The van der Waals surface area contributed by atoms with E-state index in [1.54, 1.807) is 34.0 Å². The van der Waals surface area contributed by atoms with Crippen molar-refractivity contribution >= 4 is 36.8 Å². The first-order chi connectivity index (χ1) is 12.6. The van der Waals surface area contributed by atoms with Gasteiger partial charge in [0.1, 0.15) is 10.3 Å². The Bertz CT molecular complexity index is 974. The second-order valence-corrected chi connectivity index (χ2v) is 9.11. The van der Waals surface area contributed by atoms with Crippen LogP contribution in [-0.2, 0) is 16.4 Å². The lowest BCUT2D eigenvalue weighted by Crippen LogP contribution is -2.48. The van der Waals surface area contributed by atoms with Crippen LogP contribution in [0.1, 0.15) is 12.5 Å². The third-order valence-corrected chi connectivity index (χ3v) is 7.59. The van der Waals surface area contributed by atoms with Gasteiger partial charge in [-0.3, -0.25) is 0 Å². The quantitative estimate of drug-likeness (QED) is 0.688. The molecule has 4 rings (SSSR count). The van der Waals surface area contributed by atoms with Crippen LogP contribution in [0.5, 0.6) is 0 Å². The molecule has 1 fully saturated rings. The average molecular weight is 389 g/mol. The summed E-state index contributed by atoms with van der Waals surface area (Å²) in [6, 6.07) is 11.0. The minimum absolute atomic E-state index is 0.368. The molecular formula is C18H20N4O2S2. The van der Waals surface area contributed by atoms with E-state index < -0.39 is 10.0 Å². The van der Waals surface area contributed by atoms with Gasteiger partial charge in [0, 0.05) is 32.4 Å². The topological polar surface area (TPSA) is 66.4 Å². The summed E-state index contributed by atoms with van der Waals surface area (Å²) < 4.78 is 27.3. The van der Waals surface area contributed by atoms with Crippen LogP contribution in [0.2, 0.25) is 0 Å². The van der Waals surface area contributed by atoms with Crippen molar-refractivity contribution in [1.29, 1.82) is 0 Å². The molecular weight excluding hydrogens is 368 g/mol. The Balaban J connectivity index is 1.48. The van der Waals surface area contributed by atoms with E-state index in [1.165, 1.54) is 0 Å². The molecule has 1 aliphatic rings. The van der Waals surface area contributed by atoms with E-state index in [-0.39, 0.29) is 0 Å². The van der Waals surface area contributed by atoms with Gasteiger partial charge in [-0.2, -0.15) is 4.31 Å². The molecule has 0 radical (unpaired) electrons. The molecule has 6 nitrogen and oxygen atoms in total. The second kappa shape index (κ2) is 6.94. The molecule has 0 amide bonds. The summed E-state index contributed by atoms with van der Waals surface area (Å²) in [5, 5.41) is 0.906. The Labute approximate surface area is 157 Å². The number of aryl methyl sites for hydroxylation is 1. The Hall–Kier alpha value is -2.03. The van der Waals surface area contributed by atoms with E-state index in [0.717, 1.165) is 27.5 Å². The van der Waals surface area contributed by atoms with Crippen LogP contribution < -0.4 is 4.90 Å². The summed E-state index contributed by atoms with van der Waals surface area (Å²) in [6.07, 6.45) is 2.66. The molecule has 1 aliphatic heterocycles. The zero-order chi connectivity index (χ0) is 18.1. The maximum absolute atomic E-state index is 12.9. The Kier molecular flexibility index (Phi) is 4.64. The number of rotatable bonds is 4. The fourth-order valence-electron chi connectivity index (χ4n) is 3.06. The predicted octanol–water partition coefficient (Wildman–Crippen LogP) is 2.76. The highest BCUT2D eigenvalue weighted by Crippen LogP contribution is 2.28. The summed E-state index contributed by atoms with van der Waals surface area (Å²) in [5.74, 6) is 0. The van der Waals surface area contributed by atoms with Crippen molar-refractivity contribution in [1.82, 2.24) is 14.3 Å². The van der Waals surface area contributed by atoms with E-state index in [2.05, 4.69) is 21.8 Å². The van der Waals surface area contributed by atoms with Crippen LogP contribution in [0.4, 0.5) is 5.13 Å². The highest BCUT2D eigenvalue weighted by atomic mass is 32.2. The summed E-state index contributed by atoms with van der Waals surface area (Å²) in [5.41, 5.74) is 2.02. The largest absolute Gasteiger partial charge is 0.345 e. The van der Waals surface area contributed by atoms with E-state index in [4.69, 9.17) is 0 Å². The van der Waals surface area contributed by atoms with Gasteiger partial charge in [0.05, 0.1) is 4.90 Å². The summed E-state index contributed by atoms with van der Waals surface area (Å²) >= 11 is 1.55. The minimum Gasteiger partial charge on any atom is -0.345 e. The molecule has 2 aromatic heterocycles. The SMILES string of the molecule is CCc1ccc(S(=O)(=O)N2CCN(c3nc4cccnc4s3)CC2)cc1. The molecule has 1 saturated heterocycles. The third kappa shape index (κ3) is 3.20. The number of thiazole rings is 1. The van der Waals surface area contributed by atoms with Gasteiger partial charge in [0.15, 0.2) is 5.13 Å². The molecule has 8 heteroatoms. The van der Waals surface area contributed by atoms with Gasteiger partial charge in [-0.05, 0) is 36.2 Å². The number of hydrogen-bond donors (Lipinski definition) is 0. The maximum atomic E-state index is 12.9. The molecule has 0 unspecified atom stereocenters. The van der Waals surface area contributed by atoms with E-state index in [9.17, 15) is 8.42 Å². The fraction of sp³-hybridized carbons (Fsp3) is 0.333. The van der Waals surface area contributed by atoms with Crippen LogP contribution in [-0.4, -0.2) is 48.9 Å². The first-order valence-electron chi connectivity index (χ1n) is 8.63. The van der Waals surface area contributed by atoms with Crippen LogP contribution in [0.15, 0.2) is 47.5 Å². The number of hydrogen-bond acceptors (Lipinski definition) is 6. The normalized spacial score (nSPS) is 16.3. The molecule has 136 valence electrons. The number of anilines is 1. The summed E-state index contributed by atoms with van der Waals surface area (Å²) in [4.78, 5) is 12.4. The number of pyridine rings is 1. The van der Waals surface area contributed by atoms with Crippen LogP contribution in [0.25, 0.3) is 10.3 Å². The van der Waals surface area contributed by atoms with Gasteiger partial charge in [0.25, 0.3) is 0 Å². The molecule has 0 atom stereocenters. The zero-order valence-corrected chi connectivity index (χ0v) is 16.1. The Morgan fingerprint density at radius 1 is 1.08 bits per heavy atom. The van der Waals surface area contributed by atoms with Gasteiger partial charge in [-0.1, -0.05) is 30.4 Å². The lowest BCUT2D eigenvalue weighted by molar-refractivity contribution is 0.385. The first kappa shape index (κ1) is 17.4. The predicted molar refractivity (Wildman–Crippen MR) is 104 cm³/mol. The number of benzene rings is 1. The molecule has 0 bridgehead atoms. The van der Waals surface area contributed by atoms with Crippen LogP contribution in [0.3, 0.4) is 0 Å². The summed E-state index contributed by atoms with van der Waals surface area (Å²) in [6.45, 7) is 4.24. The van der Waals surface area contributed by atoms with Crippen molar-refractivity contribution in [3.63, 3.8) is 0 Å². The first-order valence-corrected chi connectivity index (χ1v) is 10.9. The van der Waals surface area contributed by atoms with Crippen molar-refractivity contribution in [3.05, 3.63) is 48.2 Å². The number of aromatic nitrogens is 2. The van der Waals surface area contributed by atoms with Crippen molar-refractivity contribution < 1.29 is 8.42 Å². The molecule has 3 aromatic rings. The summed E-state index contributed by atoms with van der Waals surface area (Å²) in [7, 11) is -3.44. The molecule has 0 N–H and O–H groups in total. The van der Waals surface area contributed by atoms with Crippen molar-refractivity contribution in [3.8, 4) is 0 Å². The van der Waals surface area contributed by atoms with Gasteiger partial charge < -0.3 is 4.90 Å². The number of sulfonamides is 1. The number of nitrogens with zero attached hydrogens (tertiary/aromatic N) is 4. The van der Waals surface area contributed by atoms with Crippen LogP contribution >= 0.6 is 11.3 Å². The van der Waals surface area contributed by atoms with Crippen molar-refractivity contribution in [2.45, 2.75) is 18.2 Å². The molecule has 0 spiro atoms. The highest BCUT2D eigenvalue weighted by Gasteiger charge is 2.29. The molecule has 26 heavy (non-hydrogen) atoms. The van der Waals surface area contributed by atoms with E-state index in [1.807, 2.05) is 24.3 Å². The average Bonchev–Trinajstić information content (AvgIpc) is 3.12. The molecule has 3 heterocycles. The van der Waals surface area contributed by atoms with Gasteiger partial charge in [-0.25, -0.2) is 18.4 Å². The van der Waals surface area contributed by atoms with Gasteiger partial charge in [0.2, 0.25) is 10.0 Å². The van der Waals surface area contributed by atoms with Gasteiger partial charge >= 0.3 is 0 Å². The van der Waals surface area contributed by atoms with E-state index in [0.29, 0.717) is 31.1 Å². The number of piperazine rings is 1. The molecule has 0 saturated carbocycles. The second-order valence-electron chi connectivity index (χ2n) is 6.21. The fourth-order valence-corrected chi connectivity index (χ4v) is 5.44.